The van der Waals surface area contributed by atoms with Gasteiger partial charge in [-0.05, 0) is 35.4 Å². The van der Waals surface area contributed by atoms with Crippen molar-refractivity contribution in [2.45, 2.75) is 12.1 Å². The Labute approximate surface area is 139 Å². The van der Waals surface area contributed by atoms with Gasteiger partial charge < -0.3 is 0 Å². The molecule has 0 saturated carbocycles. The molecule has 0 unspecified atom stereocenters. The molecule has 21 heavy (non-hydrogen) atoms. The summed E-state index contributed by atoms with van der Waals surface area (Å²) < 4.78 is 38.6. The van der Waals surface area contributed by atoms with Crippen LogP contribution in [0, 0.1) is 0 Å². The van der Waals surface area contributed by atoms with E-state index in [9.17, 15) is 13.2 Å². The standard InChI is InChI=1S/C14H7Cl4F3/c15-6-8-5-7(1-2-9(8)14(19,20)21)12-10(16)3-4-11(17)13(12)18/h1-5H,6H2. The monoisotopic (exact) mass is 372 g/mol. The Morgan fingerprint density at radius 1 is 0.905 bits per heavy atom. The van der Waals surface area contributed by atoms with Crippen LogP contribution in [0.15, 0.2) is 30.3 Å². The molecule has 0 heterocycles. The second kappa shape index (κ2) is 6.25. The van der Waals surface area contributed by atoms with Crippen LogP contribution in [0.3, 0.4) is 0 Å². The summed E-state index contributed by atoms with van der Waals surface area (Å²) in [5.41, 5.74) is -0.0219. The predicted molar refractivity (Wildman–Crippen MR) is 81.5 cm³/mol. The number of halogens is 7. The van der Waals surface area contributed by atoms with Gasteiger partial charge in [-0.1, -0.05) is 40.9 Å². The minimum Gasteiger partial charge on any atom is -0.166 e. The molecule has 0 amide bonds. The highest BCUT2D eigenvalue weighted by Gasteiger charge is 2.33. The molecule has 0 aliphatic carbocycles. The average Bonchev–Trinajstić information content (AvgIpc) is 2.42. The van der Waals surface area contributed by atoms with Gasteiger partial charge in [0.05, 0.1) is 15.6 Å². The zero-order chi connectivity index (χ0) is 15.8. The lowest BCUT2D eigenvalue weighted by molar-refractivity contribution is -0.138. The Hall–Kier alpha value is -0.610. The van der Waals surface area contributed by atoms with Crippen molar-refractivity contribution < 1.29 is 13.2 Å². The van der Waals surface area contributed by atoms with Gasteiger partial charge >= 0.3 is 6.18 Å². The first-order valence-electron chi connectivity index (χ1n) is 5.65. The minimum atomic E-state index is -4.47. The lowest BCUT2D eigenvalue weighted by Crippen LogP contribution is -2.08. The molecule has 0 aliphatic rings. The topological polar surface area (TPSA) is 0 Å². The summed E-state index contributed by atoms with van der Waals surface area (Å²) in [6.07, 6.45) is -4.47. The third-order valence-corrected chi connectivity index (χ3v) is 4.29. The average molecular weight is 374 g/mol. The molecule has 7 heteroatoms. The van der Waals surface area contributed by atoms with Crippen molar-refractivity contribution in [2.75, 3.05) is 0 Å². The highest BCUT2D eigenvalue weighted by Crippen LogP contribution is 2.41. The van der Waals surface area contributed by atoms with Crippen LogP contribution >= 0.6 is 46.4 Å². The lowest BCUT2D eigenvalue weighted by atomic mass is 9.99. The van der Waals surface area contributed by atoms with E-state index in [1.165, 1.54) is 24.3 Å². The Morgan fingerprint density at radius 2 is 1.52 bits per heavy atom. The van der Waals surface area contributed by atoms with Gasteiger partial charge in [0.1, 0.15) is 0 Å². The second-order valence-corrected chi connectivity index (χ2v) is 5.68. The third-order valence-electron chi connectivity index (χ3n) is 2.89. The van der Waals surface area contributed by atoms with Crippen LogP contribution in [-0.4, -0.2) is 0 Å². The molecule has 0 aliphatic heterocycles. The highest BCUT2D eigenvalue weighted by molar-refractivity contribution is 6.46. The van der Waals surface area contributed by atoms with Gasteiger partial charge in [-0.3, -0.25) is 0 Å². The Kier molecular flexibility index (Phi) is 4.99. The van der Waals surface area contributed by atoms with E-state index in [-0.39, 0.29) is 21.5 Å². The minimum absolute atomic E-state index is 0.0474. The molecule has 0 atom stereocenters. The molecule has 2 aromatic rings. The first-order valence-corrected chi connectivity index (χ1v) is 7.32. The normalized spacial score (nSPS) is 11.8. The maximum Gasteiger partial charge on any atom is 0.416 e. The quantitative estimate of drug-likeness (QED) is 0.390. The number of rotatable bonds is 2. The van der Waals surface area contributed by atoms with E-state index in [1.807, 2.05) is 0 Å². The molecule has 0 aromatic heterocycles. The van der Waals surface area contributed by atoms with E-state index in [4.69, 9.17) is 46.4 Å². The molecule has 0 spiro atoms. The summed E-state index contributed by atoms with van der Waals surface area (Å²) in [5.74, 6) is -0.279. The fourth-order valence-corrected chi connectivity index (χ4v) is 2.90. The van der Waals surface area contributed by atoms with E-state index in [0.29, 0.717) is 16.1 Å². The van der Waals surface area contributed by atoms with Crippen LogP contribution < -0.4 is 0 Å². The molecule has 2 aromatic carbocycles. The van der Waals surface area contributed by atoms with Crippen LogP contribution in [0.2, 0.25) is 15.1 Å². The fraction of sp³-hybridized carbons (Fsp3) is 0.143. The van der Waals surface area contributed by atoms with Crippen LogP contribution in [0.5, 0.6) is 0 Å². The SMILES string of the molecule is FC(F)(F)c1ccc(-c2c(Cl)ccc(Cl)c2Cl)cc1CCl. The van der Waals surface area contributed by atoms with Crippen molar-refractivity contribution in [1.82, 2.24) is 0 Å². The molecule has 0 radical (unpaired) electrons. The van der Waals surface area contributed by atoms with Crippen molar-refractivity contribution in [1.29, 1.82) is 0 Å². The van der Waals surface area contributed by atoms with Crippen LogP contribution in [0.4, 0.5) is 13.2 Å². The largest absolute Gasteiger partial charge is 0.416 e. The summed E-state index contributed by atoms with van der Waals surface area (Å²) in [6, 6.07) is 6.62. The molecular formula is C14H7Cl4F3. The molecule has 0 N–H and O–H groups in total. The van der Waals surface area contributed by atoms with E-state index >= 15 is 0 Å². The zero-order valence-electron chi connectivity index (χ0n) is 10.2. The van der Waals surface area contributed by atoms with Crippen molar-refractivity contribution in [3.63, 3.8) is 0 Å². The maximum absolute atomic E-state index is 12.9. The summed E-state index contributed by atoms with van der Waals surface area (Å²) in [4.78, 5) is 0. The lowest BCUT2D eigenvalue weighted by Gasteiger charge is -2.14. The van der Waals surface area contributed by atoms with Crippen LogP contribution in [0.1, 0.15) is 11.1 Å². The van der Waals surface area contributed by atoms with Gasteiger partial charge in [0, 0.05) is 16.5 Å². The van der Waals surface area contributed by atoms with Gasteiger partial charge in [-0.15, -0.1) is 11.6 Å². The molecule has 0 nitrogen and oxygen atoms in total. The van der Waals surface area contributed by atoms with Crippen LogP contribution in [0.25, 0.3) is 11.1 Å². The van der Waals surface area contributed by atoms with Crippen molar-refractivity contribution >= 4 is 46.4 Å². The van der Waals surface area contributed by atoms with Crippen molar-refractivity contribution in [3.05, 3.63) is 56.5 Å². The van der Waals surface area contributed by atoms with Crippen molar-refractivity contribution in [2.24, 2.45) is 0 Å². The first kappa shape index (κ1) is 16.8. The Bertz CT molecular complexity index is 681. The fourth-order valence-electron chi connectivity index (χ4n) is 1.93. The van der Waals surface area contributed by atoms with Gasteiger partial charge in [0.25, 0.3) is 0 Å². The predicted octanol–water partition coefficient (Wildman–Crippen LogP) is 7.07. The molecule has 2 rings (SSSR count). The molecule has 112 valence electrons. The third kappa shape index (κ3) is 3.42. The van der Waals surface area contributed by atoms with E-state index < -0.39 is 11.7 Å². The maximum atomic E-state index is 12.9. The van der Waals surface area contributed by atoms with E-state index in [1.54, 1.807) is 0 Å². The van der Waals surface area contributed by atoms with Crippen LogP contribution in [-0.2, 0) is 12.1 Å². The van der Waals surface area contributed by atoms with E-state index in [0.717, 1.165) is 6.07 Å². The number of benzene rings is 2. The summed E-state index contributed by atoms with van der Waals surface area (Å²) in [6.45, 7) is 0. The van der Waals surface area contributed by atoms with Gasteiger partial charge in [-0.2, -0.15) is 13.2 Å². The summed E-state index contributed by atoms with van der Waals surface area (Å²) >= 11 is 23.7. The molecule has 0 bridgehead atoms. The first-order chi connectivity index (χ1) is 9.75. The molecule has 0 fully saturated rings. The number of hydrogen-bond donors (Lipinski definition) is 0. The van der Waals surface area contributed by atoms with Crippen molar-refractivity contribution in [3.8, 4) is 11.1 Å². The van der Waals surface area contributed by atoms with Gasteiger partial charge in [0.2, 0.25) is 0 Å². The summed E-state index contributed by atoms with van der Waals surface area (Å²) in [7, 11) is 0. The molecular weight excluding hydrogens is 367 g/mol. The number of alkyl halides is 4. The van der Waals surface area contributed by atoms with Gasteiger partial charge in [0.15, 0.2) is 0 Å². The second-order valence-electron chi connectivity index (χ2n) is 4.22. The number of hydrogen-bond acceptors (Lipinski definition) is 0. The summed E-state index contributed by atoms with van der Waals surface area (Å²) in [5, 5.41) is 0.748. The zero-order valence-corrected chi connectivity index (χ0v) is 13.3. The smallest absolute Gasteiger partial charge is 0.166 e. The highest BCUT2D eigenvalue weighted by atomic mass is 35.5. The Balaban J connectivity index is 2.65. The Morgan fingerprint density at radius 3 is 2.10 bits per heavy atom. The molecule has 0 saturated heterocycles. The van der Waals surface area contributed by atoms with E-state index in [2.05, 4.69) is 0 Å². The van der Waals surface area contributed by atoms with Gasteiger partial charge in [-0.25, -0.2) is 0 Å².